The van der Waals surface area contributed by atoms with Crippen LogP contribution in [0.4, 0.5) is 0 Å². The van der Waals surface area contributed by atoms with Crippen LogP contribution in [0.3, 0.4) is 0 Å². The molecule has 4 nitrogen and oxygen atoms in total. The summed E-state index contributed by atoms with van der Waals surface area (Å²) in [5, 5.41) is 2.85. The molecule has 0 aromatic heterocycles. The lowest BCUT2D eigenvalue weighted by Crippen LogP contribution is -2.66. The highest BCUT2D eigenvalue weighted by Crippen LogP contribution is 2.28. The molecule has 0 aliphatic carbocycles. The predicted octanol–water partition coefficient (Wildman–Crippen LogP) is 1.82. The predicted molar refractivity (Wildman–Crippen MR) is 77.9 cm³/mol. The Labute approximate surface area is 119 Å². The van der Waals surface area contributed by atoms with Crippen LogP contribution in [0.2, 0.25) is 0 Å². The molecule has 1 aliphatic heterocycles. The van der Waals surface area contributed by atoms with Gasteiger partial charge in [0.1, 0.15) is 11.6 Å². The number of benzene rings is 1. The summed E-state index contributed by atoms with van der Waals surface area (Å²) < 4.78 is 0. The first-order chi connectivity index (χ1) is 9.36. The average molecular weight is 272 g/mol. The van der Waals surface area contributed by atoms with Gasteiger partial charge in [0.25, 0.3) is 5.91 Å². The molecule has 4 heteroatoms. The van der Waals surface area contributed by atoms with E-state index in [2.05, 4.69) is 11.9 Å². The number of amides is 2. The maximum atomic E-state index is 12.8. The summed E-state index contributed by atoms with van der Waals surface area (Å²) >= 11 is 0. The van der Waals surface area contributed by atoms with Gasteiger partial charge >= 0.3 is 0 Å². The van der Waals surface area contributed by atoms with E-state index in [0.29, 0.717) is 6.54 Å². The molecule has 2 unspecified atom stereocenters. The largest absolute Gasteiger partial charge is 0.336 e. The summed E-state index contributed by atoms with van der Waals surface area (Å²) in [6.07, 6.45) is 0. The maximum absolute atomic E-state index is 12.8. The second kappa shape index (κ2) is 5.12. The van der Waals surface area contributed by atoms with Crippen molar-refractivity contribution in [1.82, 2.24) is 10.2 Å². The number of piperazine rings is 1. The van der Waals surface area contributed by atoms with E-state index < -0.39 is 11.6 Å². The molecule has 0 radical (unpaired) electrons. The van der Waals surface area contributed by atoms with Crippen LogP contribution in [0, 0.1) is 0 Å². The van der Waals surface area contributed by atoms with Gasteiger partial charge in [-0.05, 0) is 26.3 Å². The topological polar surface area (TPSA) is 49.4 Å². The number of nitrogens with zero attached hydrogens (tertiary/aromatic N) is 1. The highest BCUT2D eigenvalue weighted by atomic mass is 16.2. The van der Waals surface area contributed by atoms with Crippen LogP contribution in [-0.2, 0) is 15.1 Å². The molecule has 0 saturated carbocycles. The zero-order valence-corrected chi connectivity index (χ0v) is 12.1. The van der Waals surface area contributed by atoms with Crippen LogP contribution >= 0.6 is 0 Å². The fourth-order valence-corrected chi connectivity index (χ4v) is 2.48. The molecule has 2 amide bonds. The SMILES string of the molecule is C=C(C)CN1C(=O)C(C)(c2ccccc2)NC(=O)C1C. The van der Waals surface area contributed by atoms with E-state index in [1.807, 2.05) is 37.3 Å². The van der Waals surface area contributed by atoms with E-state index in [-0.39, 0.29) is 11.8 Å². The molecule has 1 fully saturated rings. The minimum absolute atomic E-state index is 0.0983. The summed E-state index contributed by atoms with van der Waals surface area (Å²) in [6, 6.07) is 8.84. The van der Waals surface area contributed by atoms with Crippen molar-refractivity contribution in [1.29, 1.82) is 0 Å². The monoisotopic (exact) mass is 272 g/mol. The van der Waals surface area contributed by atoms with Gasteiger partial charge in [-0.1, -0.05) is 42.5 Å². The number of rotatable bonds is 3. The first-order valence-corrected chi connectivity index (χ1v) is 6.69. The molecule has 20 heavy (non-hydrogen) atoms. The van der Waals surface area contributed by atoms with Crippen molar-refractivity contribution in [3.63, 3.8) is 0 Å². The molecule has 2 atom stereocenters. The maximum Gasteiger partial charge on any atom is 0.253 e. The van der Waals surface area contributed by atoms with Crippen LogP contribution in [0.15, 0.2) is 42.5 Å². The average Bonchev–Trinajstić information content (AvgIpc) is 2.42. The Morgan fingerprint density at radius 2 is 1.95 bits per heavy atom. The second-order valence-electron chi connectivity index (χ2n) is 5.55. The Balaban J connectivity index is 2.42. The normalized spacial score (nSPS) is 26.4. The van der Waals surface area contributed by atoms with E-state index in [9.17, 15) is 9.59 Å². The lowest BCUT2D eigenvalue weighted by atomic mass is 9.87. The Morgan fingerprint density at radius 3 is 2.50 bits per heavy atom. The van der Waals surface area contributed by atoms with Crippen molar-refractivity contribution in [3.05, 3.63) is 48.0 Å². The molecule has 106 valence electrons. The molecule has 1 heterocycles. The third-order valence-corrected chi connectivity index (χ3v) is 3.70. The van der Waals surface area contributed by atoms with E-state index in [0.717, 1.165) is 11.1 Å². The molecule has 1 aliphatic rings. The molecule has 1 aromatic rings. The highest BCUT2D eigenvalue weighted by Gasteiger charge is 2.47. The number of carbonyl (C=O) groups excluding carboxylic acids is 2. The summed E-state index contributed by atoms with van der Waals surface area (Å²) in [4.78, 5) is 26.6. The Hall–Kier alpha value is -2.10. The number of hydrogen-bond donors (Lipinski definition) is 1. The second-order valence-corrected chi connectivity index (χ2v) is 5.55. The van der Waals surface area contributed by atoms with E-state index in [1.54, 1.807) is 18.7 Å². The molecule has 2 rings (SSSR count). The van der Waals surface area contributed by atoms with Gasteiger partial charge < -0.3 is 10.2 Å². The summed E-state index contributed by atoms with van der Waals surface area (Å²) in [7, 11) is 0. The number of carbonyl (C=O) groups is 2. The van der Waals surface area contributed by atoms with Gasteiger partial charge in [-0.15, -0.1) is 0 Å². The Kier molecular flexibility index (Phi) is 3.66. The fraction of sp³-hybridized carbons (Fsp3) is 0.375. The van der Waals surface area contributed by atoms with Crippen molar-refractivity contribution < 1.29 is 9.59 Å². The van der Waals surface area contributed by atoms with Gasteiger partial charge in [-0.25, -0.2) is 0 Å². The van der Waals surface area contributed by atoms with Crippen LogP contribution in [0.1, 0.15) is 26.3 Å². The van der Waals surface area contributed by atoms with Gasteiger partial charge in [-0.2, -0.15) is 0 Å². The van der Waals surface area contributed by atoms with Gasteiger partial charge in [0.05, 0.1) is 0 Å². The molecule has 1 saturated heterocycles. The smallest absolute Gasteiger partial charge is 0.253 e. The lowest BCUT2D eigenvalue weighted by Gasteiger charge is -2.43. The first-order valence-electron chi connectivity index (χ1n) is 6.69. The van der Waals surface area contributed by atoms with Crippen molar-refractivity contribution in [2.75, 3.05) is 6.54 Å². The molecular weight excluding hydrogens is 252 g/mol. The van der Waals surface area contributed by atoms with E-state index in [1.165, 1.54) is 0 Å². The lowest BCUT2D eigenvalue weighted by molar-refractivity contribution is -0.153. The van der Waals surface area contributed by atoms with Crippen molar-refractivity contribution >= 4 is 11.8 Å². The van der Waals surface area contributed by atoms with Crippen LogP contribution in [0.5, 0.6) is 0 Å². The minimum Gasteiger partial charge on any atom is -0.336 e. The van der Waals surface area contributed by atoms with E-state index in [4.69, 9.17) is 0 Å². The van der Waals surface area contributed by atoms with Crippen molar-refractivity contribution in [2.24, 2.45) is 0 Å². The Morgan fingerprint density at radius 1 is 1.35 bits per heavy atom. The first kappa shape index (κ1) is 14.3. The third kappa shape index (κ3) is 2.33. The highest BCUT2D eigenvalue weighted by molar-refractivity contribution is 6.00. The standard InChI is InChI=1S/C16H20N2O2/c1-11(2)10-18-12(3)14(19)17-16(4,15(18)20)13-8-6-5-7-9-13/h5-9,12H,1,10H2,2-4H3,(H,17,19). The van der Waals surface area contributed by atoms with Crippen molar-refractivity contribution in [3.8, 4) is 0 Å². The summed E-state index contributed by atoms with van der Waals surface area (Å²) in [5.41, 5.74) is 0.632. The molecule has 0 bridgehead atoms. The van der Waals surface area contributed by atoms with Crippen LogP contribution in [-0.4, -0.2) is 29.3 Å². The Bertz CT molecular complexity index is 553. The van der Waals surface area contributed by atoms with Crippen LogP contribution < -0.4 is 5.32 Å². The van der Waals surface area contributed by atoms with Gasteiger partial charge in [0, 0.05) is 6.54 Å². The minimum atomic E-state index is -1.01. The van der Waals surface area contributed by atoms with E-state index >= 15 is 0 Å². The van der Waals surface area contributed by atoms with Crippen LogP contribution in [0.25, 0.3) is 0 Å². The van der Waals surface area contributed by atoms with Crippen molar-refractivity contribution in [2.45, 2.75) is 32.4 Å². The third-order valence-electron chi connectivity index (χ3n) is 3.70. The van der Waals surface area contributed by atoms with Gasteiger partial charge in [-0.3, -0.25) is 9.59 Å². The molecule has 0 spiro atoms. The fourth-order valence-electron chi connectivity index (χ4n) is 2.48. The molecule has 1 aromatic carbocycles. The van der Waals surface area contributed by atoms with Gasteiger partial charge in [0.2, 0.25) is 5.91 Å². The number of nitrogens with one attached hydrogen (secondary N) is 1. The summed E-state index contributed by atoms with van der Waals surface area (Å²) in [6.45, 7) is 9.58. The number of hydrogen-bond acceptors (Lipinski definition) is 2. The zero-order valence-electron chi connectivity index (χ0n) is 12.1. The quantitative estimate of drug-likeness (QED) is 0.853. The summed E-state index contributed by atoms with van der Waals surface area (Å²) in [5.74, 6) is -0.240. The molecule has 1 N–H and O–H groups in total. The zero-order chi connectivity index (χ0) is 14.9. The molecular formula is C16H20N2O2. The van der Waals surface area contributed by atoms with Gasteiger partial charge in [0.15, 0.2) is 0 Å².